The third-order valence-electron chi connectivity index (χ3n) is 3.32. The lowest BCUT2D eigenvalue weighted by atomic mass is 10.2. The summed E-state index contributed by atoms with van der Waals surface area (Å²) in [6, 6.07) is 4.23. The second-order valence-corrected chi connectivity index (χ2v) is 5.27. The van der Waals surface area contributed by atoms with Gasteiger partial charge >= 0.3 is 0 Å². The summed E-state index contributed by atoms with van der Waals surface area (Å²) in [6.07, 6.45) is 1.25. The van der Waals surface area contributed by atoms with E-state index in [9.17, 15) is 9.18 Å². The highest BCUT2D eigenvalue weighted by Crippen LogP contribution is 2.19. The highest BCUT2D eigenvalue weighted by atomic mass is 35.5. The molecule has 1 aromatic carbocycles. The van der Waals surface area contributed by atoms with Gasteiger partial charge in [-0.3, -0.25) is 9.48 Å². The average Bonchev–Trinajstić information content (AvgIpc) is 2.83. The Balaban J connectivity index is 1.83. The molecule has 0 aliphatic carbocycles. The maximum absolute atomic E-state index is 13.1. The number of hydrogen-bond donors (Lipinski definition) is 2. The van der Waals surface area contributed by atoms with Crippen LogP contribution in [0.25, 0.3) is 11.0 Å². The van der Waals surface area contributed by atoms with E-state index in [0.717, 1.165) is 0 Å². The Kier molecular flexibility index (Phi) is 3.83. The van der Waals surface area contributed by atoms with Crippen LogP contribution < -0.4 is 11.1 Å². The number of anilines is 1. The van der Waals surface area contributed by atoms with Crippen molar-refractivity contribution in [2.45, 2.75) is 6.54 Å². The van der Waals surface area contributed by atoms with Crippen molar-refractivity contribution >= 4 is 34.4 Å². The summed E-state index contributed by atoms with van der Waals surface area (Å²) >= 11 is 5.71. The van der Waals surface area contributed by atoms with Crippen LogP contribution in [0.1, 0.15) is 16.1 Å². The van der Waals surface area contributed by atoms with Crippen LogP contribution in [0.5, 0.6) is 0 Å². The zero-order chi connectivity index (χ0) is 16.6. The molecule has 118 valence electrons. The molecule has 0 saturated carbocycles. The molecule has 9 heteroatoms. The number of nitrogen functional groups attached to an aromatic ring is 1. The van der Waals surface area contributed by atoms with Crippen molar-refractivity contribution in [2.24, 2.45) is 7.05 Å². The Morgan fingerprint density at radius 1 is 1.39 bits per heavy atom. The molecule has 0 aliphatic heterocycles. The third kappa shape index (κ3) is 2.80. The fourth-order valence-electron chi connectivity index (χ4n) is 2.10. The summed E-state index contributed by atoms with van der Waals surface area (Å²) in [6.45, 7) is 0.173. The number of fused-ring (bicyclic) bond motifs is 1. The van der Waals surface area contributed by atoms with E-state index in [1.165, 1.54) is 29.2 Å². The first kappa shape index (κ1) is 15.2. The fourth-order valence-corrected chi connectivity index (χ4v) is 2.30. The molecule has 1 amide bonds. The van der Waals surface area contributed by atoms with Crippen LogP contribution in [0, 0.1) is 5.82 Å². The van der Waals surface area contributed by atoms with Gasteiger partial charge in [-0.25, -0.2) is 14.4 Å². The number of aryl methyl sites for hydroxylation is 1. The maximum Gasteiger partial charge on any atom is 0.272 e. The summed E-state index contributed by atoms with van der Waals surface area (Å²) in [5.74, 6) is -0.596. The second kappa shape index (κ2) is 5.81. The standard InChI is InChI=1S/C14H12ClFN6O/c1-22-13(17)11-10(21-22)12(20-6-19-11)14(23)18-5-7-2-3-9(16)8(15)4-7/h2-4,6H,5,17H2,1H3,(H,18,23). The van der Waals surface area contributed by atoms with Crippen LogP contribution in [0.4, 0.5) is 10.2 Å². The quantitative estimate of drug-likeness (QED) is 0.759. The van der Waals surface area contributed by atoms with Gasteiger partial charge in [0.05, 0.1) is 5.02 Å². The molecule has 2 aromatic heterocycles. The predicted molar refractivity (Wildman–Crippen MR) is 83.3 cm³/mol. The highest BCUT2D eigenvalue weighted by Gasteiger charge is 2.17. The van der Waals surface area contributed by atoms with Gasteiger partial charge < -0.3 is 11.1 Å². The zero-order valence-electron chi connectivity index (χ0n) is 12.0. The number of amides is 1. The van der Waals surface area contributed by atoms with Gasteiger partial charge in [0.15, 0.2) is 5.69 Å². The molecule has 0 spiro atoms. The van der Waals surface area contributed by atoms with E-state index in [1.54, 1.807) is 7.05 Å². The van der Waals surface area contributed by atoms with Gasteiger partial charge in [-0.05, 0) is 17.7 Å². The number of halogens is 2. The van der Waals surface area contributed by atoms with Gasteiger partial charge in [0.2, 0.25) is 0 Å². The molecule has 0 aliphatic rings. The average molecular weight is 335 g/mol. The fraction of sp³-hybridized carbons (Fsp3) is 0.143. The van der Waals surface area contributed by atoms with E-state index in [4.69, 9.17) is 17.3 Å². The first-order chi connectivity index (χ1) is 11.0. The molecule has 0 fully saturated rings. The number of nitrogens with one attached hydrogen (secondary N) is 1. The summed E-state index contributed by atoms with van der Waals surface area (Å²) in [7, 11) is 1.65. The third-order valence-corrected chi connectivity index (χ3v) is 3.61. The number of aromatic nitrogens is 4. The van der Waals surface area contributed by atoms with Gasteiger partial charge in [0.25, 0.3) is 5.91 Å². The lowest BCUT2D eigenvalue weighted by molar-refractivity contribution is 0.0947. The van der Waals surface area contributed by atoms with Gasteiger partial charge in [-0.15, -0.1) is 0 Å². The highest BCUT2D eigenvalue weighted by molar-refractivity contribution is 6.30. The van der Waals surface area contributed by atoms with Crippen LogP contribution in [0.15, 0.2) is 24.5 Å². The molecule has 0 radical (unpaired) electrons. The van der Waals surface area contributed by atoms with E-state index in [2.05, 4.69) is 20.4 Å². The smallest absolute Gasteiger partial charge is 0.272 e. The topological polar surface area (TPSA) is 98.7 Å². The Bertz CT molecular complexity index is 910. The molecule has 3 N–H and O–H groups in total. The van der Waals surface area contributed by atoms with E-state index in [0.29, 0.717) is 22.4 Å². The predicted octanol–water partition coefficient (Wildman–Crippen LogP) is 1.67. The van der Waals surface area contributed by atoms with Crippen molar-refractivity contribution in [2.75, 3.05) is 5.73 Å². The van der Waals surface area contributed by atoms with Crippen LogP contribution >= 0.6 is 11.6 Å². The number of carbonyl (C=O) groups excluding carboxylic acids is 1. The Hall–Kier alpha value is -2.74. The number of rotatable bonds is 3. The molecule has 3 aromatic rings. The molecular formula is C14H12ClFN6O. The lowest BCUT2D eigenvalue weighted by Gasteiger charge is -2.06. The Morgan fingerprint density at radius 3 is 2.91 bits per heavy atom. The normalized spacial score (nSPS) is 10.9. The van der Waals surface area contributed by atoms with Crippen molar-refractivity contribution in [3.8, 4) is 0 Å². The summed E-state index contributed by atoms with van der Waals surface area (Å²) in [5.41, 5.74) is 7.35. The van der Waals surface area contributed by atoms with E-state index < -0.39 is 11.7 Å². The maximum atomic E-state index is 13.1. The minimum absolute atomic E-state index is 0.00123. The summed E-state index contributed by atoms with van der Waals surface area (Å²) in [4.78, 5) is 20.3. The molecule has 0 saturated heterocycles. The van der Waals surface area contributed by atoms with Crippen molar-refractivity contribution in [1.82, 2.24) is 25.1 Å². The van der Waals surface area contributed by atoms with Crippen molar-refractivity contribution in [1.29, 1.82) is 0 Å². The van der Waals surface area contributed by atoms with Gasteiger partial charge in [0.1, 0.15) is 29.0 Å². The molecule has 0 bridgehead atoms. The van der Waals surface area contributed by atoms with E-state index in [1.807, 2.05) is 0 Å². The first-order valence-electron chi connectivity index (χ1n) is 6.62. The van der Waals surface area contributed by atoms with Crippen LogP contribution in [0.2, 0.25) is 5.02 Å². The first-order valence-corrected chi connectivity index (χ1v) is 7.00. The monoisotopic (exact) mass is 334 g/mol. The van der Waals surface area contributed by atoms with Crippen molar-refractivity contribution in [3.63, 3.8) is 0 Å². The molecule has 0 unspecified atom stereocenters. The second-order valence-electron chi connectivity index (χ2n) is 4.86. The number of hydrogen-bond acceptors (Lipinski definition) is 5. The number of carbonyl (C=O) groups is 1. The minimum Gasteiger partial charge on any atom is -0.382 e. The molecule has 0 atom stereocenters. The van der Waals surface area contributed by atoms with Crippen LogP contribution in [-0.4, -0.2) is 25.7 Å². The zero-order valence-corrected chi connectivity index (χ0v) is 12.8. The number of nitrogens with two attached hydrogens (primary N) is 1. The van der Waals surface area contributed by atoms with Crippen LogP contribution in [-0.2, 0) is 13.6 Å². The van der Waals surface area contributed by atoms with Gasteiger partial charge in [-0.2, -0.15) is 5.10 Å². The lowest BCUT2D eigenvalue weighted by Crippen LogP contribution is -2.24. The summed E-state index contributed by atoms with van der Waals surface area (Å²) in [5, 5.41) is 6.83. The van der Waals surface area contributed by atoms with Gasteiger partial charge in [-0.1, -0.05) is 17.7 Å². The number of benzene rings is 1. The summed E-state index contributed by atoms with van der Waals surface area (Å²) < 4.78 is 14.5. The van der Waals surface area contributed by atoms with E-state index in [-0.39, 0.29) is 17.3 Å². The molecular weight excluding hydrogens is 323 g/mol. The molecule has 3 rings (SSSR count). The molecule has 23 heavy (non-hydrogen) atoms. The van der Waals surface area contributed by atoms with E-state index >= 15 is 0 Å². The van der Waals surface area contributed by atoms with Gasteiger partial charge in [0, 0.05) is 13.6 Å². The Labute approximate surface area is 135 Å². The SMILES string of the molecule is Cn1nc2c(C(=O)NCc3ccc(F)c(Cl)c3)ncnc2c1N. The van der Waals surface area contributed by atoms with Crippen LogP contribution in [0.3, 0.4) is 0 Å². The van der Waals surface area contributed by atoms with Crippen molar-refractivity contribution < 1.29 is 9.18 Å². The molecule has 2 heterocycles. The Morgan fingerprint density at radius 2 is 2.17 bits per heavy atom. The largest absolute Gasteiger partial charge is 0.382 e. The van der Waals surface area contributed by atoms with Crippen molar-refractivity contribution in [3.05, 3.63) is 46.6 Å². The molecule has 7 nitrogen and oxygen atoms in total. The number of nitrogens with zero attached hydrogens (tertiary/aromatic N) is 4. The minimum atomic E-state index is -0.511.